The van der Waals surface area contributed by atoms with Gasteiger partial charge in [-0.15, -0.1) is 0 Å². The fraction of sp³-hybridized carbons (Fsp3) is 0.267. The highest BCUT2D eigenvalue weighted by Crippen LogP contribution is 2.31. The zero-order chi connectivity index (χ0) is 27.9. The lowest BCUT2D eigenvalue weighted by Crippen LogP contribution is -2.38. The van der Waals surface area contributed by atoms with E-state index in [0.29, 0.717) is 41.0 Å². The van der Waals surface area contributed by atoms with Crippen molar-refractivity contribution in [1.82, 2.24) is 15.2 Å². The van der Waals surface area contributed by atoms with Crippen molar-refractivity contribution in [3.63, 3.8) is 0 Å². The van der Waals surface area contributed by atoms with Crippen molar-refractivity contribution in [3.8, 4) is 0 Å². The summed E-state index contributed by atoms with van der Waals surface area (Å²) in [6.07, 6.45) is 6.32. The summed E-state index contributed by atoms with van der Waals surface area (Å²) in [6.45, 7) is 1.31. The summed E-state index contributed by atoms with van der Waals surface area (Å²) >= 11 is 5.85. The SMILES string of the molecule is CN/C=C(\C=N)c1ccc(C2CCN(C(=O)c3ccc(N(C)C)c(NC(=O)c4ccc(Cl)nc4)c3)CC2)cc1. The summed E-state index contributed by atoms with van der Waals surface area (Å²) in [5.74, 6) is -0.00256. The molecule has 0 saturated carbocycles. The van der Waals surface area contributed by atoms with E-state index in [4.69, 9.17) is 17.0 Å². The molecule has 1 fully saturated rings. The van der Waals surface area contributed by atoms with Gasteiger partial charge in [-0.25, -0.2) is 4.98 Å². The Morgan fingerprint density at radius 3 is 2.28 bits per heavy atom. The Balaban J connectivity index is 1.44. The predicted octanol–water partition coefficient (Wildman–Crippen LogP) is 5.28. The second kappa shape index (κ2) is 12.6. The molecule has 0 radical (unpaired) electrons. The van der Waals surface area contributed by atoms with E-state index in [2.05, 4.69) is 27.8 Å². The molecule has 2 heterocycles. The number of carbonyl (C=O) groups excluding carboxylic acids is 2. The molecular weight excluding hydrogens is 512 g/mol. The number of aromatic nitrogens is 1. The van der Waals surface area contributed by atoms with Crippen LogP contribution in [0.25, 0.3) is 5.57 Å². The number of benzene rings is 2. The topological polar surface area (TPSA) is 101 Å². The highest BCUT2D eigenvalue weighted by molar-refractivity contribution is 6.29. The average molecular weight is 545 g/mol. The van der Waals surface area contributed by atoms with Crippen molar-refractivity contribution in [1.29, 1.82) is 5.41 Å². The van der Waals surface area contributed by atoms with Gasteiger partial charge in [-0.3, -0.25) is 9.59 Å². The van der Waals surface area contributed by atoms with Crippen LogP contribution in [0, 0.1) is 5.41 Å². The molecule has 1 aliphatic heterocycles. The summed E-state index contributed by atoms with van der Waals surface area (Å²) in [5.41, 5.74) is 5.32. The number of nitrogens with one attached hydrogen (secondary N) is 3. The van der Waals surface area contributed by atoms with Gasteiger partial charge in [-0.05, 0) is 60.2 Å². The number of pyridine rings is 1. The molecule has 2 amide bonds. The lowest BCUT2D eigenvalue weighted by Gasteiger charge is -2.32. The molecule has 8 nitrogen and oxygen atoms in total. The number of likely N-dealkylation sites (tertiary alicyclic amines) is 1. The lowest BCUT2D eigenvalue weighted by atomic mass is 9.88. The van der Waals surface area contributed by atoms with Crippen molar-refractivity contribution in [3.05, 3.63) is 94.4 Å². The van der Waals surface area contributed by atoms with Gasteiger partial charge >= 0.3 is 0 Å². The first-order valence-corrected chi connectivity index (χ1v) is 13.2. The molecule has 9 heteroatoms. The highest BCUT2D eigenvalue weighted by Gasteiger charge is 2.25. The number of amides is 2. The van der Waals surface area contributed by atoms with Crippen LogP contribution >= 0.6 is 11.6 Å². The third-order valence-electron chi connectivity index (χ3n) is 6.92. The van der Waals surface area contributed by atoms with Crippen molar-refractivity contribution in [2.24, 2.45) is 0 Å². The lowest BCUT2D eigenvalue weighted by molar-refractivity contribution is 0.0712. The third-order valence-corrected chi connectivity index (χ3v) is 7.14. The Morgan fingerprint density at radius 1 is 1.03 bits per heavy atom. The van der Waals surface area contributed by atoms with E-state index in [1.807, 2.05) is 61.4 Å². The van der Waals surface area contributed by atoms with Crippen LogP contribution in [-0.2, 0) is 0 Å². The van der Waals surface area contributed by atoms with Crippen LogP contribution in [-0.4, -0.2) is 62.1 Å². The summed E-state index contributed by atoms with van der Waals surface area (Å²) in [4.78, 5) is 34.0. The Kier molecular flexibility index (Phi) is 8.99. The third kappa shape index (κ3) is 6.64. The maximum atomic E-state index is 13.4. The normalized spacial score (nSPS) is 14.1. The minimum atomic E-state index is -0.326. The molecule has 0 bridgehead atoms. The molecule has 202 valence electrons. The molecule has 3 aromatic rings. The zero-order valence-electron chi connectivity index (χ0n) is 22.4. The number of nitrogens with zero attached hydrogens (tertiary/aromatic N) is 3. The first-order chi connectivity index (χ1) is 18.8. The fourth-order valence-electron chi connectivity index (χ4n) is 4.77. The van der Waals surface area contributed by atoms with Crippen LogP contribution in [0.1, 0.15) is 50.6 Å². The number of rotatable bonds is 8. The van der Waals surface area contributed by atoms with Gasteiger partial charge in [0.05, 0.1) is 16.9 Å². The highest BCUT2D eigenvalue weighted by atomic mass is 35.5. The van der Waals surface area contributed by atoms with E-state index in [1.54, 1.807) is 18.2 Å². The number of allylic oxidation sites excluding steroid dienone is 1. The first-order valence-electron chi connectivity index (χ1n) is 12.8. The standard InChI is InChI=1S/C30H33ClN6O2/c1-33-18-25(17-32)21-6-4-20(5-7-21)22-12-14-37(15-13-22)30(39)23-8-10-27(36(2)3)26(16-23)35-29(38)24-9-11-28(31)34-19-24/h4-11,16-19,22,32-33H,12-15H2,1-3H3,(H,35,38)/b25-18+,32-17?. The van der Waals surface area contributed by atoms with Crippen LogP contribution < -0.4 is 15.5 Å². The largest absolute Gasteiger partial charge is 0.393 e. The van der Waals surface area contributed by atoms with Crippen molar-refractivity contribution in [2.75, 3.05) is 44.4 Å². The number of piperidine rings is 1. The van der Waals surface area contributed by atoms with E-state index in [-0.39, 0.29) is 11.8 Å². The smallest absolute Gasteiger partial charge is 0.257 e. The molecule has 1 saturated heterocycles. The van der Waals surface area contributed by atoms with Crippen molar-refractivity contribution >= 4 is 46.6 Å². The van der Waals surface area contributed by atoms with Crippen molar-refractivity contribution in [2.45, 2.75) is 18.8 Å². The molecule has 0 atom stereocenters. The molecule has 0 spiro atoms. The van der Waals surface area contributed by atoms with Gasteiger partial charge in [0, 0.05) is 64.0 Å². The fourth-order valence-corrected chi connectivity index (χ4v) is 4.89. The Bertz CT molecular complexity index is 1360. The van der Waals surface area contributed by atoms with Crippen LogP contribution in [0.2, 0.25) is 5.15 Å². The van der Waals surface area contributed by atoms with Gasteiger partial charge in [-0.2, -0.15) is 0 Å². The molecule has 4 rings (SSSR count). The molecule has 1 aliphatic rings. The number of anilines is 2. The average Bonchev–Trinajstić information content (AvgIpc) is 2.96. The Hall–Kier alpha value is -4.17. The van der Waals surface area contributed by atoms with Crippen LogP contribution in [0.3, 0.4) is 0 Å². The van der Waals surface area contributed by atoms with E-state index in [0.717, 1.165) is 29.7 Å². The molecule has 3 N–H and O–H groups in total. The van der Waals surface area contributed by atoms with E-state index in [1.165, 1.54) is 18.0 Å². The molecule has 2 aromatic carbocycles. The quantitative estimate of drug-likeness (QED) is 0.264. The van der Waals surface area contributed by atoms with Gasteiger partial charge in [0.1, 0.15) is 5.15 Å². The zero-order valence-corrected chi connectivity index (χ0v) is 23.1. The van der Waals surface area contributed by atoms with Gasteiger partial charge in [0.2, 0.25) is 0 Å². The first kappa shape index (κ1) is 27.9. The minimum Gasteiger partial charge on any atom is -0.393 e. The number of hydrogen-bond donors (Lipinski definition) is 3. The molecule has 1 aromatic heterocycles. The minimum absolute atomic E-state index is 0.0504. The summed E-state index contributed by atoms with van der Waals surface area (Å²) in [6, 6.07) is 16.9. The maximum Gasteiger partial charge on any atom is 0.257 e. The number of halogens is 1. The van der Waals surface area contributed by atoms with E-state index >= 15 is 0 Å². The second-order valence-electron chi connectivity index (χ2n) is 9.67. The Morgan fingerprint density at radius 2 is 1.69 bits per heavy atom. The van der Waals surface area contributed by atoms with E-state index in [9.17, 15) is 9.59 Å². The van der Waals surface area contributed by atoms with Crippen LogP contribution in [0.15, 0.2) is 67.0 Å². The van der Waals surface area contributed by atoms with Gasteiger partial charge in [0.15, 0.2) is 0 Å². The van der Waals surface area contributed by atoms with Crippen molar-refractivity contribution < 1.29 is 9.59 Å². The van der Waals surface area contributed by atoms with Gasteiger partial charge < -0.3 is 25.8 Å². The monoisotopic (exact) mass is 544 g/mol. The molecule has 0 aliphatic carbocycles. The number of carbonyl (C=O) groups is 2. The summed E-state index contributed by atoms with van der Waals surface area (Å²) < 4.78 is 0. The molecule has 0 unspecified atom stereocenters. The molecule has 39 heavy (non-hydrogen) atoms. The Labute approximate surface area is 234 Å². The van der Waals surface area contributed by atoms with Gasteiger partial charge in [0.25, 0.3) is 11.8 Å². The number of hydrogen-bond acceptors (Lipinski definition) is 6. The van der Waals surface area contributed by atoms with Gasteiger partial charge in [-0.1, -0.05) is 35.9 Å². The molecular formula is C30H33ClN6O2. The van der Waals surface area contributed by atoms with Crippen LogP contribution in [0.5, 0.6) is 0 Å². The second-order valence-corrected chi connectivity index (χ2v) is 10.1. The maximum absolute atomic E-state index is 13.4. The summed E-state index contributed by atoms with van der Waals surface area (Å²) in [7, 11) is 5.59. The predicted molar refractivity (Wildman–Crippen MR) is 158 cm³/mol. The van der Waals surface area contributed by atoms with Crippen LogP contribution in [0.4, 0.5) is 11.4 Å². The van der Waals surface area contributed by atoms with E-state index < -0.39 is 0 Å². The summed E-state index contributed by atoms with van der Waals surface area (Å²) in [5, 5.41) is 13.8.